The molecule has 0 aliphatic rings. The van der Waals surface area contributed by atoms with Crippen molar-refractivity contribution in [2.75, 3.05) is 6.54 Å². The molecular weight excluding hydrogens is 160 g/mol. The Labute approximate surface area is 81.7 Å². The molecule has 0 aliphatic carbocycles. The zero-order valence-corrected chi connectivity index (χ0v) is 8.79. The van der Waals surface area contributed by atoms with Gasteiger partial charge >= 0.3 is 0 Å². The Morgan fingerprint density at radius 3 is 1.85 bits per heavy atom. The van der Waals surface area contributed by atoms with Gasteiger partial charge in [0, 0.05) is 5.54 Å². The summed E-state index contributed by atoms with van der Waals surface area (Å²) in [6.07, 6.45) is 11.0. The average molecular weight is 182 g/mol. The Balaban J connectivity index is 4.14. The van der Waals surface area contributed by atoms with Crippen LogP contribution in [0.2, 0.25) is 0 Å². The molecule has 0 fully saturated rings. The van der Waals surface area contributed by atoms with Crippen LogP contribution >= 0.6 is 0 Å². The van der Waals surface area contributed by atoms with Crippen LogP contribution < -0.4 is 11.5 Å². The van der Waals surface area contributed by atoms with Crippen molar-refractivity contribution in [3.05, 3.63) is 24.3 Å². The molecule has 0 aromatic rings. The second-order valence-electron chi connectivity index (χ2n) is 3.45. The Hall–Kier alpha value is -0.600. The lowest BCUT2D eigenvalue weighted by atomic mass is 9.88. The fourth-order valence-corrected chi connectivity index (χ4v) is 1.28. The van der Waals surface area contributed by atoms with E-state index in [4.69, 9.17) is 11.5 Å². The third-order valence-corrected chi connectivity index (χ3v) is 2.16. The standard InChI is InChI=1S/C11H22N2/c1-3-5-7-11(13,9-10-12)8-6-4-2/h3-6H,7-10,12-13H2,1-2H3. The number of hydrogen-bond donors (Lipinski definition) is 2. The molecule has 0 saturated heterocycles. The van der Waals surface area contributed by atoms with Gasteiger partial charge in [0.25, 0.3) is 0 Å². The Bertz CT molecular complexity index is 157. The molecule has 0 aliphatic heterocycles. The molecule has 0 radical (unpaired) electrons. The van der Waals surface area contributed by atoms with Crippen LogP contribution in [0.3, 0.4) is 0 Å². The molecule has 0 amide bonds. The van der Waals surface area contributed by atoms with Gasteiger partial charge in [-0.3, -0.25) is 0 Å². The van der Waals surface area contributed by atoms with Gasteiger partial charge in [-0.05, 0) is 39.7 Å². The Morgan fingerprint density at radius 2 is 1.54 bits per heavy atom. The highest BCUT2D eigenvalue weighted by Gasteiger charge is 2.20. The highest BCUT2D eigenvalue weighted by molar-refractivity contribution is 4.98. The summed E-state index contributed by atoms with van der Waals surface area (Å²) in [5.41, 5.74) is 11.6. The van der Waals surface area contributed by atoms with Gasteiger partial charge in [0.15, 0.2) is 0 Å². The fraction of sp³-hybridized carbons (Fsp3) is 0.636. The fourth-order valence-electron chi connectivity index (χ4n) is 1.28. The van der Waals surface area contributed by atoms with Gasteiger partial charge in [-0.2, -0.15) is 0 Å². The first kappa shape index (κ1) is 12.4. The zero-order valence-electron chi connectivity index (χ0n) is 8.79. The van der Waals surface area contributed by atoms with Crippen LogP contribution in [0.15, 0.2) is 24.3 Å². The summed E-state index contributed by atoms with van der Waals surface area (Å²) >= 11 is 0. The van der Waals surface area contributed by atoms with Gasteiger partial charge in [-0.25, -0.2) is 0 Å². The van der Waals surface area contributed by atoms with Crippen molar-refractivity contribution in [2.24, 2.45) is 11.5 Å². The van der Waals surface area contributed by atoms with Gasteiger partial charge < -0.3 is 11.5 Å². The Morgan fingerprint density at radius 1 is 1.08 bits per heavy atom. The third kappa shape index (κ3) is 5.61. The van der Waals surface area contributed by atoms with E-state index in [1.54, 1.807) is 0 Å². The van der Waals surface area contributed by atoms with Crippen molar-refractivity contribution in [1.82, 2.24) is 0 Å². The summed E-state index contributed by atoms with van der Waals surface area (Å²) in [6, 6.07) is 0. The summed E-state index contributed by atoms with van der Waals surface area (Å²) in [4.78, 5) is 0. The van der Waals surface area contributed by atoms with Crippen molar-refractivity contribution in [1.29, 1.82) is 0 Å². The average Bonchev–Trinajstić information content (AvgIpc) is 2.12. The zero-order chi connectivity index (χ0) is 10.2. The summed E-state index contributed by atoms with van der Waals surface area (Å²) < 4.78 is 0. The highest BCUT2D eigenvalue weighted by atomic mass is 14.7. The number of nitrogens with two attached hydrogens (primary N) is 2. The maximum Gasteiger partial charge on any atom is 0.0236 e. The normalized spacial score (nSPS) is 16.9. The van der Waals surface area contributed by atoms with Crippen LogP contribution in [0.4, 0.5) is 0 Å². The Kier molecular flexibility index (Phi) is 6.55. The van der Waals surface area contributed by atoms with E-state index in [0.717, 1.165) is 19.3 Å². The summed E-state index contributed by atoms with van der Waals surface area (Å²) in [5, 5.41) is 0. The molecule has 0 aromatic carbocycles. The van der Waals surface area contributed by atoms with Crippen molar-refractivity contribution in [3.63, 3.8) is 0 Å². The molecule has 0 heterocycles. The quantitative estimate of drug-likeness (QED) is 0.617. The largest absolute Gasteiger partial charge is 0.330 e. The van der Waals surface area contributed by atoms with E-state index in [0.29, 0.717) is 6.54 Å². The van der Waals surface area contributed by atoms with Crippen molar-refractivity contribution in [3.8, 4) is 0 Å². The molecule has 0 saturated carbocycles. The number of rotatable bonds is 6. The van der Waals surface area contributed by atoms with E-state index in [2.05, 4.69) is 12.2 Å². The van der Waals surface area contributed by atoms with Gasteiger partial charge in [-0.15, -0.1) is 0 Å². The number of allylic oxidation sites excluding steroid dienone is 2. The lowest BCUT2D eigenvalue weighted by molar-refractivity contribution is 0.407. The maximum absolute atomic E-state index is 6.20. The lowest BCUT2D eigenvalue weighted by Crippen LogP contribution is -2.40. The van der Waals surface area contributed by atoms with Gasteiger partial charge in [0.2, 0.25) is 0 Å². The number of hydrogen-bond acceptors (Lipinski definition) is 2. The molecule has 0 rings (SSSR count). The minimum Gasteiger partial charge on any atom is -0.330 e. The third-order valence-electron chi connectivity index (χ3n) is 2.16. The summed E-state index contributed by atoms with van der Waals surface area (Å²) in [7, 11) is 0. The first-order chi connectivity index (χ1) is 6.18. The molecular formula is C11H22N2. The predicted octanol–water partition coefficient (Wildman–Crippen LogP) is 1.97. The molecule has 2 heteroatoms. The SMILES string of the molecule is CC=CCC(N)(CC=CC)CCN. The molecule has 76 valence electrons. The molecule has 0 unspecified atom stereocenters. The van der Waals surface area contributed by atoms with Crippen LogP contribution in [-0.4, -0.2) is 12.1 Å². The second-order valence-corrected chi connectivity index (χ2v) is 3.45. The molecule has 0 aromatic heterocycles. The first-order valence-electron chi connectivity index (χ1n) is 4.90. The molecule has 2 nitrogen and oxygen atoms in total. The minimum absolute atomic E-state index is 0.145. The molecule has 0 bridgehead atoms. The van der Waals surface area contributed by atoms with Crippen molar-refractivity contribution in [2.45, 2.75) is 38.6 Å². The minimum atomic E-state index is -0.145. The van der Waals surface area contributed by atoms with Crippen LogP contribution in [0, 0.1) is 0 Å². The summed E-state index contributed by atoms with van der Waals surface area (Å²) in [5.74, 6) is 0. The van der Waals surface area contributed by atoms with E-state index in [9.17, 15) is 0 Å². The van der Waals surface area contributed by atoms with E-state index >= 15 is 0 Å². The molecule has 0 atom stereocenters. The van der Waals surface area contributed by atoms with Crippen molar-refractivity contribution < 1.29 is 0 Å². The van der Waals surface area contributed by atoms with E-state index in [1.807, 2.05) is 26.0 Å². The molecule has 4 N–H and O–H groups in total. The van der Waals surface area contributed by atoms with E-state index < -0.39 is 0 Å². The van der Waals surface area contributed by atoms with Gasteiger partial charge in [0.1, 0.15) is 0 Å². The van der Waals surface area contributed by atoms with Crippen molar-refractivity contribution >= 4 is 0 Å². The first-order valence-corrected chi connectivity index (χ1v) is 4.90. The monoisotopic (exact) mass is 182 g/mol. The van der Waals surface area contributed by atoms with Crippen LogP contribution in [0.5, 0.6) is 0 Å². The molecule has 13 heavy (non-hydrogen) atoms. The highest BCUT2D eigenvalue weighted by Crippen LogP contribution is 2.17. The molecule has 0 spiro atoms. The lowest BCUT2D eigenvalue weighted by Gasteiger charge is -2.26. The predicted molar refractivity (Wildman–Crippen MR) is 59.5 cm³/mol. The van der Waals surface area contributed by atoms with E-state index in [1.165, 1.54) is 0 Å². The maximum atomic E-state index is 6.20. The second kappa shape index (κ2) is 6.87. The van der Waals surface area contributed by atoms with Crippen LogP contribution in [-0.2, 0) is 0 Å². The van der Waals surface area contributed by atoms with Gasteiger partial charge in [0.05, 0.1) is 0 Å². The van der Waals surface area contributed by atoms with Crippen LogP contribution in [0.1, 0.15) is 33.1 Å². The van der Waals surface area contributed by atoms with Crippen LogP contribution in [0.25, 0.3) is 0 Å². The topological polar surface area (TPSA) is 52.0 Å². The van der Waals surface area contributed by atoms with Gasteiger partial charge in [-0.1, -0.05) is 24.3 Å². The smallest absolute Gasteiger partial charge is 0.0236 e. The van der Waals surface area contributed by atoms with E-state index in [-0.39, 0.29) is 5.54 Å². The summed E-state index contributed by atoms with van der Waals surface area (Å²) in [6.45, 7) is 4.68.